The Morgan fingerprint density at radius 3 is 1.76 bits per heavy atom. The van der Waals surface area contributed by atoms with Gasteiger partial charge in [0, 0.05) is 32.8 Å². The van der Waals surface area contributed by atoms with Crippen molar-refractivity contribution in [2.75, 3.05) is 39.5 Å². The Kier molecular flexibility index (Phi) is 29.3. The Labute approximate surface area is 262 Å². The monoisotopic (exact) mass is 590 g/mol. The van der Waals surface area contributed by atoms with Crippen LogP contribution in [0.25, 0.3) is 0 Å². The molecule has 42 heavy (non-hydrogen) atoms. The summed E-state index contributed by atoms with van der Waals surface area (Å²) in [7, 11) is 0. The fourth-order valence-corrected chi connectivity index (χ4v) is 5.56. The van der Waals surface area contributed by atoms with Gasteiger partial charge in [-0.05, 0) is 77.0 Å². The molecule has 0 bridgehead atoms. The predicted octanol–water partition coefficient (Wildman–Crippen LogP) is 10.4. The lowest BCUT2D eigenvalue weighted by molar-refractivity contribution is -0.0414. The van der Waals surface area contributed by atoms with Crippen molar-refractivity contribution in [1.29, 1.82) is 0 Å². The zero-order chi connectivity index (χ0) is 30.2. The molecule has 0 saturated carbocycles. The Morgan fingerprint density at radius 2 is 1.17 bits per heavy atom. The van der Waals surface area contributed by atoms with E-state index in [0.717, 1.165) is 71.4 Å². The number of likely N-dealkylation sites (tertiary alicyclic amines) is 1. The van der Waals surface area contributed by atoms with Crippen LogP contribution in [0.2, 0.25) is 0 Å². The van der Waals surface area contributed by atoms with E-state index in [1.165, 1.54) is 103 Å². The Bertz CT molecular complexity index is 624. The van der Waals surface area contributed by atoms with Crippen molar-refractivity contribution in [2.45, 2.75) is 167 Å². The topological polar surface area (TPSA) is 41.9 Å². The summed E-state index contributed by atoms with van der Waals surface area (Å²) in [5.74, 6) is 0. The molecule has 1 fully saturated rings. The summed E-state index contributed by atoms with van der Waals surface area (Å²) in [6.07, 6.45) is 41.2. The third-order valence-corrected chi connectivity index (χ3v) is 8.33. The summed E-state index contributed by atoms with van der Waals surface area (Å²) in [5.41, 5.74) is 0. The lowest BCUT2D eigenvalue weighted by Gasteiger charge is -2.32. The molecule has 0 aliphatic carbocycles. The highest BCUT2D eigenvalue weighted by molar-refractivity contribution is 4.92. The first-order valence-electron chi connectivity index (χ1n) is 18.3. The van der Waals surface area contributed by atoms with Crippen molar-refractivity contribution in [3.05, 3.63) is 36.5 Å². The molecule has 1 saturated heterocycles. The highest BCUT2D eigenvalue weighted by Crippen LogP contribution is 2.13. The average Bonchev–Trinajstić information content (AvgIpc) is 3.00. The number of nitrogens with zero attached hydrogens (tertiary/aromatic N) is 1. The molecule has 1 rings (SSSR count). The lowest BCUT2D eigenvalue weighted by Crippen LogP contribution is -2.42. The predicted molar refractivity (Wildman–Crippen MR) is 183 cm³/mol. The van der Waals surface area contributed by atoms with Crippen LogP contribution in [-0.2, 0) is 9.47 Å². The second-order valence-corrected chi connectivity index (χ2v) is 12.5. The molecule has 0 spiro atoms. The van der Waals surface area contributed by atoms with E-state index in [9.17, 15) is 5.11 Å². The maximum absolute atomic E-state index is 9.86. The van der Waals surface area contributed by atoms with Gasteiger partial charge < -0.3 is 19.5 Å². The van der Waals surface area contributed by atoms with Gasteiger partial charge in [-0.25, -0.2) is 0 Å². The summed E-state index contributed by atoms with van der Waals surface area (Å²) >= 11 is 0. The molecule has 4 nitrogen and oxygen atoms in total. The van der Waals surface area contributed by atoms with E-state index in [4.69, 9.17) is 9.47 Å². The minimum atomic E-state index is -0.122. The van der Waals surface area contributed by atoms with E-state index < -0.39 is 0 Å². The molecule has 246 valence electrons. The van der Waals surface area contributed by atoms with Crippen LogP contribution in [0, 0.1) is 0 Å². The number of hydrogen-bond donors (Lipinski definition) is 1. The molecule has 1 heterocycles. The number of rotatable bonds is 30. The second kappa shape index (κ2) is 31.5. The Morgan fingerprint density at radius 1 is 0.643 bits per heavy atom. The van der Waals surface area contributed by atoms with Crippen molar-refractivity contribution >= 4 is 0 Å². The fourth-order valence-electron chi connectivity index (χ4n) is 5.56. The first-order chi connectivity index (χ1) is 20.8. The minimum absolute atomic E-state index is 0.122. The molecular weight excluding hydrogens is 518 g/mol. The van der Waals surface area contributed by atoms with Crippen molar-refractivity contribution in [3.63, 3.8) is 0 Å². The first-order valence-corrected chi connectivity index (χ1v) is 18.3. The van der Waals surface area contributed by atoms with Gasteiger partial charge in [0.2, 0.25) is 0 Å². The van der Waals surface area contributed by atoms with Crippen LogP contribution in [0.3, 0.4) is 0 Å². The maximum Gasteiger partial charge on any atom is 0.0934 e. The van der Waals surface area contributed by atoms with Gasteiger partial charge >= 0.3 is 0 Å². The van der Waals surface area contributed by atoms with Gasteiger partial charge in [0.25, 0.3) is 0 Å². The Hall–Kier alpha value is -0.940. The standard InChI is InChI=1S/C38H71NO3/c1-3-5-7-9-11-13-15-16-17-18-19-20-21-23-25-27-33-41-36-38(35-39-31-29-37(40)30-32-39)42-34-28-26-24-22-14-12-10-8-6-4-2/h6,8,11,13,16-17,37-38,40H,3-5,7,9-10,12,14-15,18-36H2,1-2H3/b8-6-,13-11-,17-16-. The molecule has 1 atom stereocenters. The zero-order valence-electron chi connectivity index (χ0n) is 28.1. The van der Waals surface area contributed by atoms with Gasteiger partial charge in [-0.3, -0.25) is 0 Å². The number of aliphatic hydroxyl groups is 1. The van der Waals surface area contributed by atoms with E-state index in [0.29, 0.717) is 6.61 Å². The molecule has 0 aromatic carbocycles. The quantitative estimate of drug-likeness (QED) is 0.0668. The SMILES string of the molecule is CC/C=C\CCCCCCCCOC(COCCCCCCCC/C=C\C/C=C\CCCCC)CN1CCC(O)CC1. The van der Waals surface area contributed by atoms with Gasteiger partial charge in [0.05, 0.1) is 18.8 Å². The molecule has 1 N–H and O–H groups in total. The average molecular weight is 590 g/mol. The molecule has 0 radical (unpaired) electrons. The van der Waals surface area contributed by atoms with Crippen LogP contribution in [0.15, 0.2) is 36.5 Å². The molecule has 4 heteroatoms. The molecule has 1 unspecified atom stereocenters. The number of piperidine rings is 1. The third kappa shape index (κ3) is 26.7. The zero-order valence-corrected chi connectivity index (χ0v) is 28.1. The highest BCUT2D eigenvalue weighted by atomic mass is 16.5. The van der Waals surface area contributed by atoms with Gasteiger partial charge in [-0.1, -0.05) is 115 Å². The number of hydrogen-bond acceptors (Lipinski definition) is 4. The van der Waals surface area contributed by atoms with Crippen LogP contribution in [0.5, 0.6) is 0 Å². The van der Waals surface area contributed by atoms with Crippen molar-refractivity contribution in [2.24, 2.45) is 0 Å². The van der Waals surface area contributed by atoms with Gasteiger partial charge in [-0.2, -0.15) is 0 Å². The van der Waals surface area contributed by atoms with Crippen molar-refractivity contribution in [3.8, 4) is 0 Å². The van der Waals surface area contributed by atoms with Gasteiger partial charge in [-0.15, -0.1) is 0 Å². The number of unbranched alkanes of at least 4 members (excludes halogenated alkanes) is 15. The van der Waals surface area contributed by atoms with E-state index in [-0.39, 0.29) is 12.2 Å². The van der Waals surface area contributed by atoms with E-state index >= 15 is 0 Å². The van der Waals surface area contributed by atoms with Crippen LogP contribution in [0.4, 0.5) is 0 Å². The van der Waals surface area contributed by atoms with Crippen LogP contribution < -0.4 is 0 Å². The smallest absolute Gasteiger partial charge is 0.0934 e. The number of allylic oxidation sites excluding steroid dienone is 6. The summed E-state index contributed by atoms with van der Waals surface area (Å²) in [6, 6.07) is 0. The second-order valence-electron chi connectivity index (χ2n) is 12.5. The number of ether oxygens (including phenoxy) is 2. The third-order valence-electron chi connectivity index (χ3n) is 8.33. The summed E-state index contributed by atoms with van der Waals surface area (Å²) in [5, 5.41) is 9.86. The normalized spacial score (nSPS) is 16.1. The molecule has 0 aromatic heterocycles. The minimum Gasteiger partial charge on any atom is -0.393 e. The van der Waals surface area contributed by atoms with Crippen molar-refractivity contribution < 1.29 is 14.6 Å². The van der Waals surface area contributed by atoms with E-state index in [1.54, 1.807) is 0 Å². The lowest BCUT2D eigenvalue weighted by atomic mass is 10.1. The van der Waals surface area contributed by atoms with Crippen LogP contribution in [-0.4, -0.2) is 61.7 Å². The van der Waals surface area contributed by atoms with Crippen LogP contribution >= 0.6 is 0 Å². The molecular formula is C38H71NO3. The van der Waals surface area contributed by atoms with Gasteiger partial charge in [0.15, 0.2) is 0 Å². The Balaban J connectivity index is 2.05. The van der Waals surface area contributed by atoms with E-state index in [2.05, 4.69) is 55.2 Å². The van der Waals surface area contributed by atoms with E-state index in [1.807, 2.05) is 0 Å². The summed E-state index contributed by atoms with van der Waals surface area (Å²) in [6.45, 7) is 9.73. The fraction of sp³-hybridized carbons (Fsp3) is 0.842. The van der Waals surface area contributed by atoms with Gasteiger partial charge in [0.1, 0.15) is 0 Å². The molecule has 1 aliphatic heterocycles. The maximum atomic E-state index is 9.86. The first kappa shape index (κ1) is 39.1. The highest BCUT2D eigenvalue weighted by Gasteiger charge is 2.21. The van der Waals surface area contributed by atoms with Crippen LogP contribution in [0.1, 0.15) is 155 Å². The molecule has 0 aromatic rings. The summed E-state index contributed by atoms with van der Waals surface area (Å²) < 4.78 is 12.4. The summed E-state index contributed by atoms with van der Waals surface area (Å²) in [4.78, 5) is 2.45. The number of aliphatic hydroxyl groups excluding tert-OH is 1. The van der Waals surface area contributed by atoms with Crippen molar-refractivity contribution in [1.82, 2.24) is 4.90 Å². The molecule has 0 amide bonds. The molecule has 1 aliphatic rings. The largest absolute Gasteiger partial charge is 0.393 e.